The number of nitrogens with zero attached hydrogens (tertiary/aromatic N) is 2. The van der Waals surface area contributed by atoms with E-state index in [1.165, 1.54) is 0 Å². The van der Waals surface area contributed by atoms with Crippen LogP contribution in [-0.4, -0.2) is 40.0 Å². The Balaban J connectivity index is 2.98. The van der Waals surface area contributed by atoms with Crippen molar-refractivity contribution in [3.05, 3.63) is 0 Å². The Bertz CT molecular complexity index is 382. The summed E-state index contributed by atoms with van der Waals surface area (Å²) >= 11 is 0. The van der Waals surface area contributed by atoms with E-state index < -0.39 is 12.5 Å². The molecule has 0 radical (unpaired) electrons. The average molecular weight is 226 g/mol. The van der Waals surface area contributed by atoms with Gasteiger partial charge in [-0.15, -0.1) is 0 Å². The van der Waals surface area contributed by atoms with Crippen molar-refractivity contribution < 1.29 is 19.9 Å². The lowest BCUT2D eigenvalue weighted by Gasteiger charge is -2.29. The molecule has 0 saturated heterocycles. The molecule has 1 fully saturated rings. The third-order valence-electron chi connectivity index (χ3n) is 2.33. The molecule has 0 atom stereocenters. The van der Waals surface area contributed by atoms with E-state index in [-0.39, 0.29) is 29.0 Å². The normalized spacial score (nSPS) is 25.0. The van der Waals surface area contributed by atoms with Gasteiger partial charge in [0.2, 0.25) is 0 Å². The first-order valence-corrected chi connectivity index (χ1v) is 4.86. The number of rotatable bonds is 2. The Morgan fingerprint density at radius 1 is 1.44 bits per heavy atom. The molecule has 0 heterocycles. The summed E-state index contributed by atoms with van der Waals surface area (Å²) in [6, 6.07) is 0. The Morgan fingerprint density at radius 3 is 2.56 bits per heavy atom. The number of carbonyl (C=O) groups is 2. The Kier molecular flexibility index (Phi) is 3.41. The maximum atomic E-state index is 11.6. The van der Waals surface area contributed by atoms with Gasteiger partial charge in [0.15, 0.2) is 11.5 Å². The number of hydrogen-bond acceptors (Lipinski definition) is 5. The number of oxime groups is 1. The van der Waals surface area contributed by atoms with Gasteiger partial charge in [0.25, 0.3) is 0 Å². The molecule has 1 aliphatic rings. The molecular weight excluding hydrogens is 212 g/mol. The van der Waals surface area contributed by atoms with E-state index >= 15 is 0 Å². The zero-order valence-electron chi connectivity index (χ0n) is 9.23. The van der Waals surface area contributed by atoms with Crippen molar-refractivity contribution in [1.29, 1.82) is 0 Å². The summed E-state index contributed by atoms with van der Waals surface area (Å²) < 4.78 is 0. The third kappa shape index (κ3) is 2.88. The molecule has 88 valence electrons. The van der Waals surface area contributed by atoms with E-state index in [9.17, 15) is 9.59 Å². The number of Topliss-reactive ketones (excluding diaryl/α,β-unsaturated/α-hetero) is 1. The van der Waals surface area contributed by atoms with Gasteiger partial charge in [0.05, 0.1) is 5.71 Å². The number of hydrogen-bond donors (Lipinski definition) is 2. The maximum Gasteiger partial charge on any atom is 0.325 e. The van der Waals surface area contributed by atoms with Crippen molar-refractivity contribution in [2.24, 2.45) is 15.6 Å². The van der Waals surface area contributed by atoms with Gasteiger partial charge in [-0.1, -0.05) is 19.0 Å². The first kappa shape index (κ1) is 12.4. The van der Waals surface area contributed by atoms with Crippen LogP contribution in [0.25, 0.3) is 0 Å². The third-order valence-corrected chi connectivity index (χ3v) is 2.33. The van der Waals surface area contributed by atoms with Crippen molar-refractivity contribution in [3.63, 3.8) is 0 Å². The predicted molar refractivity (Wildman–Crippen MR) is 57.2 cm³/mol. The van der Waals surface area contributed by atoms with E-state index in [4.69, 9.17) is 10.3 Å². The first-order valence-electron chi connectivity index (χ1n) is 4.86. The molecule has 1 rings (SSSR count). The molecule has 0 amide bonds. The molecule has 16 heavy (non-hydrogen) atoms. The minimum atomic E-state index is -1.08. The molecule has 2 N–H and O–H groups in total. The number of aliphatic imine (C=N–C) groups is 1. The highest BCUT2D eigenvalue weighted by molar-refractivity contribution is 6.68. The van der Waals surface area contributed by atoms with E-state index in [1.807, 2.05) is 13.8 Å². The molecule has 0 aromatic heterocycles. The molecular formula is C10H14N2O4. The van der Waals surface area contributed by atoms with Crippen LogP contribution in [0.4, 0.5) is 0 Å². The smallest absolute Gasteiger partial charge is 0.325 e. The molecule has 0 spiro atoms. The number of carboxylic acids is 1. The fourth-order valence-corrected chi connectivity index (χ4v) is 1.69. The van der Waals surface area contributed by atoms with Crippen LogP contribution in [-0.2, 0) is 9.59 Å². The second kappa shape index (κ2) is 4.42. The van der Waals surface area contributed by atoms with Crippen LogP contribution in [0.5, 0.6) is 0 Å². The highest BCUT2D eigenvalue weighted by Gasteiger charge is 2.35. The van der Waals surface area contributed by atoms with Gasteiger partial charge in [-0.3, -0.25) is 14.6 Å². The molecule has 1 aliphatic carbocycles. The van der Waals surface area contributed by atoms with E-state index in [0.29, 0.717) is 6.42 Å². The largest absolute Gasteiger partial charge is 0.480 e. The fourth-order valence-electron chi connectivity index (χ4n) is 1.69. The predicted octanol–water partition coefficient (Wildman–Crippen LogP) is 0.731. The second-order valence-corrected chi connectivity index (χ2v) is 4.55. The lowest BCUT2D eigenvalue weighted by molar-refractivity contribution is -0.135. The number of carboxylic acid groups (broad SMARTS) is 1. The highest BCUT2D eigenvalue weighted by atomic mass is 16.4. The number of ketones is 1. The summed E-state index contributed by atoms with van der Waals surface area (Å²) in [6.45, 7) is 3.35. The van der Waals surface area contributed by atoms with Crippen LogP contribution in [0, 0.1) is 5.41 Å². The van der Waals surface area contributed by atoms with Crippen LogP contribution in [0.2, 0.25) is 0 Å². The SMILES string of the molecule is CC1(C)CC(=O)C(=NO)C(=NCC(=O)O)C1. The van der Waals surface area contributed by atoms with Crippen molar-refractivity contribution >= 4 is 23.2 Å². The molecule has 0 aromatic carbocycles. The van der Waals surface area contributed by atoms with Crippen molar-refractivity contribution in [2.45, 2.75) is 26.7 Å². The molecule has 1 saturated carbocycles. The lowest BCUT2D eigenvalue weighted by atomic mass is 9.75. The lowest BCUT2D eigenvalue weighted by Crippen LogP contribution is -2.38. The van der Waals surface area contributed by atoms with Gasteiger partial charge < -0.3 is 10.3 Å². The monoisotopic (exact) mass is 226 g/mol. The van der Waals surface area contributed by atoms with Crippen LogP contribution in [0.15, 0.2) is 10.1 Å². The molecule has 0 unspecified atom stereocenters. The van der Waals surface area contributed by atoms with Gasteiger partial charge in [0, 0.05) is 6.42 Å². The maximum absolute atomic E-state index is 11.6. The minimum absolute atomic E-state index is 0.111. The van der Waals surface area contributed by atoms with Crippen LogP contribution in [0.1, 0.15) is 26.7 Å². The van der Waals surface area contributed by atoms with E-state index in [2.05, 4.69) is 10.1 Å². The van der Waals surface area contributed by atoms with Gasteiger partial charge >= 0.3 is 5.97 Å². The Labute approximate surface area is 92.7 Å². The zero-order valence-corrected chi connectivity index (χ0v) is 9.23. The standard InChI is InChI=1S/C10H14N2O4/c1-10(2)3-6(11-5-8(14)15)9(12-16)7(13)4-10/h16H,3-5H2,1-2H3,(H,14,15). The Morgan fingerprint density at radius 2 is 2.06 bits per heavy atom. The fraction of sp³-hybridized carbons (Fsp3) is 0.600. The van der Waals surface area contributed by atoms with Gasteiger partial charge in [0.1, 0.15) is 6.54 Å². The molecule has 6 heteroatoms. The van der Waals surface area contributed by atoms with Crippen LogP contribution < -0.4 is 0 Å². The quantitative estimate of drug-likeness (QED) is 0.535. The summed E-state index contributed by atoms with van der Waals surface area (Å²) in [4.78, 5) is 25.7. The van der Waals surface area contributed by atoms with Gasteiger partial charge in [-0.05, 0) is 11.8 Å². The highest BCUT2D eigenvalue weighted by Crippen LogP contribution is 2.30. The van der Waals surface area contributed by atoms with E-state index in [1.54, 1.807) is 0 Å². The first-order chi connectivity index (χ1) is 7.35. The molecule has 0 aromatic rings. The molecule has 0 bridgehead atoms. The van der Waals surface area contributed by atoms with Crippen LogP contribution >= 0.6 is 0 Å². The van der Waals surface area contributed by atoms with Crippen molar-refractivity contribution in [2.75, 3.05) is 6.54 Å². The van der Waals surface area contributed by atoms with E-state index in [0.717, 1.165) is 0 Å². The summed E-state index contributed by atoms with van der Waals surface area (Å²) in [7, 11) is 0. The molecule has 6 nitrogen and oxygen atoms in total. The summed E-state index contributed by atoms with van der Waals surface area (Å²) in [6.07, 6.45) is 0.712. The number of aliphatic carboxylic acids is 1. The minimum Gasteiger partial charge on any atom is -0.480 e. The van der Waals surface area contributed by atoms with Gasteiger partial charge in [-0.2, -0.15) is 0 Å². The van der Waals surface area contributed by atoms with Gasteiger partial charge in [-0.25, -0.2) is 0 Å². The topological polar surface area (TPSA) is 99.3 Å². The second-order valence-electron chi connectivity index (χ2n) is 4.55. The zero-order chi connectivity index (χ0) is 12.3. The summed E-state index contributed by atoms with van der Waals surface area (Å²) in [5.74, 6) is -1.39. The summed E-state index contributed by atoms with van der Waals surface area (Å²) in [5.41, 5.74) is -0.116. The van der Waals surface area contributed by atoms with Crippen LogP contribution in [0.3, 0.4) is 0 Å². The Hall–Kier alpha value is -1.72. The molecule has 0 aliphatic heterocycles. The number of carbonyl (C=O) groups excluding carboxylic acids is 1. The van der Waals surface area contributed by atoms with Crippen molar-refractivity contribution in [1.82, 2.24) is 0 Å². The average Bonchev–Trinajstić information content (AvgIpc) is 2.12. The van der Waals surface area contributed by atoms with Crippen molar-refractivity contribution in [3.8, 4) is 0 Å². The summed E-state index contributed by atoms with van der Waals surface area (Å²) in [5, 5.41) is 20.1.